The first kappa shape index (κ1) is 14.4. The van der Waals surface area contributed by atoms with Crippen molar-refractivity contribution in [1.29, 1.82) is 0 Å². The van der Waals surface area contributed by atoms with E-state index in [1.165, 1.54) is 12.8 Å². The van der Waals surface area contributed by atoms with Crippen molar-refractivity contribution in [2.75, 3.05) is 13.6 Å². The van der Waals surface area contributed by atoms with E-state index in [2.05, 4.69) is 22.2 Å². The zero-order valence-corrected chi connectivity index (χ0v) is 13.4. The summed E-state index contributed by atoms with van der Waals surface area (Å²) in [7, 11) is 1.88. The molecule has 0 spiro atoms. The first-order valence-electron chi connectivity index (χ1n) is 7.64. The molecule has 114 valence electrons. The smallest absolute Gasteiger partial charge is 0.234 e. The summed E-state index contributed by atoms with van der Waals surface area (Å²) in [5.41, 5.74) is 0. The van der Waals surface area contributed by atoms with Gasteiger partial charge in [-0.1, -0.05) is 24.7 Å². The molecule has 0 aliphatic heterocycles. The lowest BCUT2D eigenvalue weighted by atomic mass is 10.2. The van der Waals surface area contributed by atoms with Crippen LogP contribution in [0.25, 0.3) is 4.96 Å². The maximum Gasteiger partial charge on any atom is 0.234 e. The molecule has 2 aromatic heterocycles. The number of aromatic nitrogens is 4. The highest BCUT2D eigenvalue weighted by atomic mass is 32.1. The molecule has 1 amide bonds. The van der Waals surface area contributed by atoms with Crippen LogP contribution in [0.2, 0.25) is 0 Å². The zero-order chi connectivity index (χ0) is 14.8. The van der Waals surface area contributed by atoms with Gasteiger partial charge in [0, 0.05) is 32.4 Å². The van der Waals surface area contributed by atoms with Crippen LogP contribution in [0.4, 0.5) is 0 Å². The first-order chi connectivity index (χ1) is 10.2. The molecule has 0 aromatic carbocycles. The normalized spacial score (nSPS) is 14.8. The molecule has 0 saturated heterocycles. The number of carbonyl (C=O) groups is 1. The number of aryl methyl sites for hydroxylation is 1. The van der Waals surface area contributed by atoms with Crippen molar-refractivity contribution >= 4 is 22.2 Å². The number of unbranched alkanes of at least 4 members (excludes halogenated alkanes) is 1. The van der Waals surface area contributed by atoms with Gasteiger partial charge in [-0.25, -0.2) is 0 Å². The Morgan fingerprint density at radius 1 is 1.43 bits per heavy atom. The quantitative estimate of drug-likeness (QED) is 0.787. The molecule has 0 radical (unpaired) electrons. The predicted octanol–water partition coefficient (Wildman–Crippen LogP) is 2.25. The van der Waals surface area contributed by atoms with E-state index in [9.17, 15) is 4.79 Å². The minimum atomic E-state index is 0.192. The van der Waals surface area contributed by atoms with Gasteiger partial charge in [-0.15, -0.1) is 10.2 Å². The molecule has 1 saturated carbocycles. The number of nitrogens with zero attached hydrogens (tertiary/aromatic N) is 5. The summed E-state index contributed by atoms with van der Waals surface area (Å²) >= 11 is 1.54. The van der Waals surface area contributed by atoms with Gasteiger partial charge in [-0.05, 0) is 19.3 Å². The highest BCUT2D eigenvalue weighted by molar-refractivity contribution is 7.16. The van der Waals surface area contributed by atoms with E-state index in [-0.39, 0.29) is 5.91 Å². The van der Waals surface area contributed by atoms with Gasteiger partial charge in [0.15, 0.2) is 5.82 Å². The van der Waals surface area contributed by atoms with Gasteiger partial charge < -0.3 is 4.90 Å². The molecule has 2 heterocycles. The van der Waals surface area contributed by atoms with Crippen LogP contribution < -0.4 is 0 Å². The highest BCUT2D eigenvalue weighted by Crippen LogP contribution is 2.39. The number of rotatable bonds is 7. The summed E-state index contributed by atoms with van der Waals surface area (Å²) in [6, 6.07) is 0. The molecule has 1 aliphatic rings. The maximum absolute atomic E-state index is 12.0. The van der Waals surface area contributed by atoms with Crippen molar-refractivity contribution in [3.8, 4) is 0 Å². The second kappa shape index (κ2) is 6.09. The Labute approximate surface area is 128 Å². The van der Waals surface area contributed by atoms with E-state index < -0.39 is 0 Å². The third-order valence-electron chi connectivity index (χ3n) is 3.82. The largest absolute Gasteiger partial charge is 0.346 e. The van der Waals surface area contributed by atoms with E-state index in [1.54, 1.807) is 11.3 Å². The van der Waals surface area contributed by atoms with Gasteiger partial charge in [-0.3, -0.25) is 4.79 Å². The maximum atomic E-state index is 12.0. The zero-order valence-electron chi connectivity index (χ0n) is 12.6. The fraction of sp³-hybridized carbons (Fsp3) is 0.714. The second-order valence-corrected chi connectivity index (χ2v) is 6.73. The average Bonchev–Trinajstić information content (AvgIpc) is 3.12. The minimum absolute atomic E-state index is 0.192. The standard InChI is InChI=1S/C14H21N5OS/c1-3-4-9-18(2)12(20)8-7-11-17-19-13(10-5-6-10)15-16-14(19)21-11/h10H,3-9H2,1-2H3. The number of hydrogen-bond acceptors (Lipinski definition) is 5. The lowest BCUT2D eigenvalue weighted by molar-refractivity contribution is -0.129. The van der Waals surface area contributed by atoms with Gasteiger partial charge in [0.2, 0.25) is 10.9 Å². The van der Waals surface area contributed by atoms with Gasteiger partial charge in [0.1, 0.15) is 5.01 Å². The van der Waals surface area contributed by atoms with Gasteiger partial charge >= 0.3 is 0 Å². The molecule has 6 nitrogen and oxygen atoms in total. The lowest BCUT2D eigenvalue weighted by Gasteiger charge is -2.15. The van der Waals surface area contributed by atoms with Crippen molar-refractivity contribution < 1.29 is 4.79 Å². The van der Waals surface area contributed by atoms with Crippen LogP contribution >= 0.6 is 11.3 Å². The number of amides is 1. The predicted molar refractivity (Wildman–Crippen MR) is 81.5 cm³/mol. The summed E-state index contributed by atoms with van der Waals surface area (Å²) in [5, 5.41) is 13.9. The number of hydrogen-bond donors (Lipinski definition) is 0. The van der Waals surface area contributed by atoms with E-state index in [0.717, 1.165) is 35.2 Å². The van der Waals surface area contributed by atoms with Gasteiger partial charge in [-0.2, -0.15) is 9.61 Å². The third-order valence-corrected chi connectivity index (χ3v) is 4.78. The molecule has 1 aliphatic carbocycles. The molecule has 7 heteroatoms. The Bertz CT molecular complexity index is 630. The molecular weight excluding hydrogens is 286 g/mol. The lowest BCUT2D eigenvalue weighted by Crippen LogP contribution is -2.27. The van der Waals surface area contributed by atoms with Crippen LogP contribution in [-0.4, -0.2) is 44.2 Å². The Balaban J connectivity index is 1.59. The summed E-state index contributed by atoms with van der Waals surface area (Å²) in [5.74, 6) is 1.72. The SMILES string of the molecule is CCCCN(C)C(=O)CCc1nn2c(C3CC3)nnc2s1. The Kier molecular flexibility index (Phi) is 4.19. The fourth-order valence-corrected chi connectivity index (χ4v) is 3.13. The summed E-state index contributed by atoms with van der Waals surface area (Å²) in [6.45, 7) is 2.97. The van der Waals surface area contributed by atoms with E-state index in [0.29, 0.717) is 18.8 Å². The molecule has 21 heavy (non-hydrogen) atoms. The highest BCUT2D eigenvalue weighted by Gasteiger charge is 2.30. The third kappa shape index (κ3) is 3.23. The van der Waals surface area contributed by atoms with Crippen LogP contribution in [-0.2, 0) is 11.2 Å². The molecule has 0 unspecified atom stereocenters. The summed E-state index contributed by atoms with van der Waals surface area (Å²) in [4.78, 5) is 14.7. The molecule has 3 rings (SSSR count). The van der Waals surface area contributed by atoms with Crippen molar-refractivity contribution in [3.63, 3.8) is 0 Å². The van der Waals surface area contributed by atoms with Crippen LogP contribution in [0.5, 0.6) is 0 Å². The van der Waals surface area contributed by atoms with Crippen molar-refractivity contribution in [2.24, 2.45) is 0 Å². The van der Waals surface area contributed by atoms with Crippen molar-refractivity contribution in [2.45, 2.75) is 51.4 Å². The summed E-state index contributed by atoms with van der Waals surface area (Å²) < 4.78 is 1.86. The Morgan fingerprint density at radius 3 is 2.95 bits per heavy atom. The van der Waals surface area contributed by atoms with E-state index >= 15 is 0 Å². The Morgan fingerprint density at radius 2 is 2.24 bits per heavy atom. The van der Waals surface area contributed by atoms with Crippen LogP contribution in [0, 0.1) is 0 Å². The molecule has 0 bridgehead atoms. The minimum Gasteiger partial charge on any atom is -0.346 e. The Hall–Kier alpha value is -1.50. The van der Waals surface area contributed by atoms with Crippen LogP contribution in [0.1, 0.15) is 55.8 Å². The van der Waals surface area contributed by atoms with Crippen LogP contribution in [0.3, 0.4) is 0 Å². The molecule has 2 aromatic rings. The first-order valence-corrected chi connectivity index (χ1v) is 8.45. The molecule has 1 fully saturated rings. The van der Waals surface area contributed by atoms with Crippen molar-refractivity contribution in [3.05, 3.63) is 10.8 Å². The van der Waals surface area contributed by atoms with Crippen LogP contribution in [0.15, 0.2) is 0 Å². The van der Waals surface area contributed by atoms with E-state index in [1.807, 2.05) is 16.5 Å². The summed E-state index contributed by atoms with van der Waals surface area (Å²) in [6.07, 6.45) is 5.75. The molecule has 0 N–H and O–H groups in total. The average molecular weight is 307 g/mol. The fourth-order valence-electron chi connectivity index (χ4n) is 2.29. The van der Waals surface area contributed by atoms with Crippen molar-refractivity contribution in [1.82, 2.24) is 24.7 Å². The second-order valence-electron chi connectivity index (χ2n) is 5.69. The number of fused-ring (bicyclic) bond motifs is 1. The number of carbonyl (C=O) groups excluding carboxylic acids is 1. The monoisotopic (exact) mass is 307 g/mol. The topological polar surface area (TPSA) is 63.4 Å². The van der Waals surface area contributed by atoms with Gasteiger partial charge in [0.25, 0.3) is 0 Å². The van der Waals surface area contributed by atoms with E-state index in [4.69, 9.17) is 0 Å². The molecular formula is C14H21N5OS. The molecule has 0 atom stereocenters. The van der Waals surface area contributed by atoms with Gasteiger partial charge in [0.05, 0.1) is 0 Å².